The first-order chi connectivity index (χ1) is 13.1. The number of hydrogen-bond donors (Lipinski definition) is 3. The molecule has 0 aromatic rings. The molecule has 0 aliphatic heterocycles. The van der Waals surface area contributed by atoms with E-state index in [1.54, 1.807) is 0 Å². The minimum atomic E-state index is -0.683. The van der Waals surface area contributed by atoms with E-state index in [4.69, 9.17) is 10.5 Å². The maximum Gasteiger partial charge on any atom is 0.332 e. The van der Waals surface area contributed by atoms with Crippen molar-refractivity contribution in [1.29, 1.82) is 0 Å². The summed E-state index contributed by atoms with van der Waals surface area (Å²) >= 11 is 0. The predicted molar refractivity (Wildman–Crippen MR) is 105 cm³/mol. The molecule has 3 aliphatic carbocycles. The second-order valence-electron chi connectivity index (χ2n) is 10.2. The molecule has 6 nitrogen and oxygen atoms in total. The molecule has 0 heterocycles. The van der Waals surface area contributed by atoms with E-state index in [1.807, 2.05) is 6.92 Å². The van der Waals surface area contributed by atoms with E-state index in [1.165, 1.54) is 0 Å². The Kier molecular flexibility index (Phi) is 5.72. The number of Topliss-reactive ketones (excluding diaryl/α,β-unsaturated/α-hetero) is 1. The van der Waals surface area contributed by atoms with Crippen molar-refractivity contribution in [2.75, 3.05) is 13.2 Å². The Labute approximate surface area is 168 Å². The van der Waals surface area contributed by atoms with Crippen LogP contribution in [0.25, 0.3) is 0 Å². The van der Waals surface area contributed by atoms with Gasteiger partial charge >= 0.3 is 5.97 Å². The van der Waals surface area contributed by atoms with Gasteiger partial charge in [-0.25, -0.2) is 4.79 Å². The van der Waals surface area contributed by atoms with E-state index in [0.717, 1.165) is 19.3 Å². The van der Waals surface area contributed by atoms with Crippen molar-refractivity contribution in [2.45, 2.75) is 78.4 Å². The van der Waals surface area contributed by atoms with E-state index in [-0.39, 0.29) is 29.0 Å². The highest BCUT2D eigenvalue weighted by molar-refractivity contribution is 5.85. The summed E-state index contributed by atoms with van der Waals surface area (Å²) in [6.07, 6.45) is 3.07. The van der Waals surface area contributed by atoms with Gasteiger partial charge in [0.05, 0.1) is 6.10 Å². The average Bonchev–Trinajstić information content (AvgIpc) is 3.01. The third-order valence-electron chi connectivity index (χ3n) is 9.02. The molecule has 3 aliphatic rings. The SMILES string of the molecule is C[C@@H]1CC[C@@]23CCC(=O)[C@H]2[C@]1(C)[C@H](OC(=O)CO)C[C@@](C)(CCN)[C@@H](O)[C@@H]3C. The number of aliphatic hydroxyl groups is 2. The highest BCUT2D eigenvalue weighted by atomic mass is 16.6. The fraction of sp³-hybridized carbons (Fsp3) is 0.909. The lowest BCUT2D eigenvalue weighted by atomic mass is 9.43. The first-order valence-electron chi connectivity index (χ1n) is 10.8. The van der Waals surface area contributed by atoms with Gasteiger partial charge in [-0.2, -0.15) is 0 Å². The second-order valence-corrected chi connectivity index (χ2v) is 10.2. The molecular formula is C22H37NO5. The van der Waals surface area contributed by atoms with Gasteiger partial charge in [-0.15, -0.1) is 0 Å². The predicted octanol–water partition coefficient (Wildman–Crippen LogP) is 2.05. The Morgan fingerprint density at radius 1 is 1.29 bits per heavy atom. The monoisotopic (exact) mass is 395 g/mol. The molecule has 0 radical (unpaired) electrons. The van der Waals surface area contributed by atoms with Crippen molar-refractivity contribution in [3.8, 4) is 0 Å². The van der Waals surface area contributed by atoms with Crippen LogP contribution in [0.3, 0.4) is 0 Å². The summed E-state index contributed by atoms with van der Waals surface area (Å²) in [5.74, 6) is -0.485. The summed E-state index contributed by atoms with van der Waals surface area (Å²) in [5.41, 5.74) is 4.61. The summed E-state index contributed by atoms with van der Waals surface area (Å²) in [5, 5.41) is 20.8. The molecule has 4 N–H and O–H groups in total. The number of ether oxygens (including phenoxy) is 1. The molecule has 2 bridgehead atoms. The fourth-order valence-corrected chi connectivity index (χ4v) is 7.13. The molecule has 0 saturated heterocycles. The van der Waals surface area contributed by atoms with Crippen molar-refractivity contribution in [3.05, 3.63) is 0 Å². The third-order valence-corrected chi connectivity index (χ3v) is 9.02. The van der Waals surface area contributed by atoms with Gasteiger partial charge in [0.2, 0.25) is 0 Å². The molecule has 28 heavy (non-hydrogen) atoms. The van der Waals surface area contributed by atoms with Gasteiger partial charge in [0.1, 0.15) is 18.5 Å². The van der Waals surface area contributed by atoms with E-state index in [2.05, 4.69) is 20.8 Å². The molecule has 0 amide bonds. The molecule has 0 aromatic carbocycles. The van der Waals surface area contributed by atoms with Crippen molar-refractivity contribution >= 4 is 11.8 Å². The molecule has 3 fully saturated rings. The van der Waals surface area contributed by atoms with Crippen LogP contribution in [0, 0.1) is 34.0 Å². The van der Waals surface area contributed by atoms with Crippen LogP contribution in [0.5, 0.6) is 0 Å². The number of aliphatic hydroxyl groups excluding tert-OH is 2. The maximum atomic E-state index is 13.2. The molecule has 3 rings (SSSR count). The molecule has 160 valence electrons. The van der Waals surface area contributed by atoms with Crippen LogP contribution in [0.15, 0.2) is 0 Å². The summed E-state index contributed by atoms with van der Waals surface area (Å²) in [7, 11) is 0. The quantitative estimate of drug-likeness (QED) is 0.629. The topological polar surface area (TPSA) is 110 Å². The molecule has 8 atom stereocenters. The summed E-state index contributed by atoms with van der Waals surface area (Å²) in [6.45, 7) is 8.12. The molecular weight excluding hydrogens is 358 g/mol. The Morgan fingerprint density at radius 2 is 1.96 bits per heavy atom. The lowest BCUT2D eigenvalue weighted by Crippen LogP contribution is -2.63. The number of carbonyl (C=O) groups excluding carboxylic acids is 2. The fourth-order valence-electron chi connectivity index (χ4n) is 7.13. The molecule has 6 heteroatoms. The normalized spacial score (nSPS) is 48.5. The highest BCUT2D eigenvalue weighted by Crippen LogP contribution is 2.68. The van der Waals surface area contributed by atoms with Crippen LogP contribution in [0.2, 0.25) is 0 Å². The van der Waals surface area contributed by atoms with Crippen LogP contribution in [-0.2, 0) is 14.3 Å². The van der Waals surface area contributed by atoms with Gasteiger partial charge in [0, 0.05) is 17.8 Å². The minimum absolute atomic E-state index is 0.0261. The number of hydrogen-bond acceptors (Lipinski definition) is 6. The number of ketones is 1. The zero-order valence-electron chi connectivity index (χ0n) is 17.7. The van der Waals surface area contributed by atoms with E-state index >= 15 is 0 Å². The summed E-state index contributed by atoms with van der Waals surface area (Å²) in [4.78, 5) is 25.3. The lowest BCUT2D eigenvalue weighted by Gasteiger charge is -2.62. The van der Waals surface area contributed by atoms with Crippen molar-refractivity contribution < 1.29 is 24.5 Å². The molecule has 0 aromatic heterocycles. The van der Waals surface area contributed by atoms with Gasteiger partial charge in [0.15, 0.2) is 0 Å². The number of nitrogens with two attached hydrogens (primary N) is 1. The largest absolute Gasteiger partial charge is 0.460 e. The van der Waals surface area contributed by atoms with E-state index < -0.39 is 35.6 Å². The van der Waals surface area contributed by atoms with E-state index in [9.17, 15) is 19.8 Å². The van der Waals surface area contributed by atoms with Crippen LogP contribution >= 0.6 is 0 Å². The summed E-state index contributed by atoms with van der Waals surface area (Å²) < 4.78 is 5.82. The van der Waals surface area contributed by atoms with Gasteiger partial charge in [-0.1, -0.05) is 27.7 Å². The molecule has 0 spiro atoms. The lowest BCUT2D eigenvalue weighted by molar-refractivity contribution is -0.213. The molecule has 3 saturated carbocycles. The van der Waals surface area contributed by atoms with Crippen LogP contribution < -0.4 is 5.73 Å². The zero-order chi connectivity index (χ0) is 20.9. The highest BCUT2D eigenvalue weighted by Gasteiger charge is 2.68. The van der Waals surface area contributed by atoms with E-state index in [0.29, 0.717) is 25.8 Å². The smallest absolute Gasteiger partial charge is 0.332 e. The Morgan fingerprint density at radius 3 is 2.57 bits per heavy atom. The minimum Gasteiger partial charge on any atom is -0.460 e. The standard InChI is InChI=1S/C22H37NO5/c1-13-5-7-22-8-6-15(25)18(22)21(13,4)16(28-17(26)12-24)11-20(3,9-10-23)19(27)14(22)2/h13-14,16,18-19,24,27H,5-12,23H2,1-4H3/t13-,14+,16-,18+,19+,20-,21+,22+/m1/s1. The van der Waals surface area contributed by atoms with Crippen molar-refractivity contribution in [2.24, 2.45) is 39.7 Å². The average molecular weight is 396 g/mol. The maximum absolute atomic E-state index is 13.2. The molecule has 0 unspecified atom stereocenters. The first-order valence-corrected chi connectivity index (χ1v) is 10.8. The summed E-state index contributed by atoms with van der Waals surface area (Å²) in [6, 6.07) is 0. The Bertz CT molecular complexity index is 638. The number of rotatable bonds is 4. The van der Waals surface area contributed by atoms with Gasteiger partial charge < -0.3 is 20.7 Å². The first kappa shape index (κ1) is 21.7. The second kappa shape index (κ2) is 7.37. The van der Waals surface area contributed by atoms with Crippen molar-refractivity contribution in [3.63, 3.8) is 0 Å². The number of carbonyl (C=O) groups is 2. The Balaban J connectivity index is 2.19. The number of esters is 1. The Hall–Kier alpha value is -0.980. The van der Waals surface area contributed by atoms with Gasteiger partial charge in [0.25, 0.3) is 0 Å². The van der Waals surface area contributed by atoms with Crippen LogP contribution in [0.1, 0.15) is 66.2 Å². The van der Waals surface area contributed by atoms with Crippen molar-refractivity contribution in [1.82, 2.24) is 0 Å². The zero-order valence-corrected chi connectivity index (χ0v) is 17.7. The third kappa shape index (κ3) is 2.94. The van der Waals surface area contributed by atoms with Crippen LogP contribution in [-0.4, -0.2) is 47.3 Å². The van der Waals surface area contributed by atoms with Gasteiger partial charge in [-0.05, 0) is 61.3 Å². The van der Waals surface area contributed by atoms with Crippen LogP contribution in [0.4, 0.5) is 0 Å². The van der Waals surface area contributed by atoms with Gasteiger partial charge in [-0.3, -0.25) is 4.79 Å².